The van der Waals surface area contributed by atoms with Crippen LogP contribution in [0, 0.1) is 5.41 Å². The molecule has 1 saturated heterocycles. The summed E-state index contributed by atoms with van der Waals surface area (Å²) in [6.45, 7) is 0. The molecular formula is C6H11IS2. The van der Waals surface area contributed by atoms with Crippen molar-refractivity contribution in [3.63, 3.8) is 0 Å². The lowest BCUT2D eigenvalue weighted by Gasteiger charge is -2.39. The number of halogens is 1. The number of hydrogen-bond acceptors (Lipinski definition) is 2. The maximum atomic E-state index is 2.51. The molecule has 0 aliphatic carbocycles. The third kappa shape index (κ3) is 1.93. The lowest BCUT2D eigenvalue weighted by Crippen LogP contribution is -2.39. The van der Waals surface area contributed by atoms with Crippen LogP contribution < -0.4 is 0 Å². The zero-order chi connectivity index (χ0) is 6.74. The van der Waals surface area contributed by atoms with Gasteiger partial charge in [-0.15, -0.1) is 0 Å². The zero-order valence-electron chi connectivity index (χ0n) is 5.52. The minimum absolute atomic E-state index is 0.727. The molecule has 1 heterocycles. The number of hydrogen-bond donors (Lipinski definition) is 0. The molecule has 0 aromatic heterocycles. The average Bonchev–Trinajstić information content (AvgIpc) is 1.79. The van der Waals surface area contributed by atoms with Crippen molar-refractivity contribution in [1.29, 1.82) is 0 Å². The molecule has 1 aliphatic heterocycles. The summed E-state index contributed by atoms with van der Waals surface area (Å²) >= 11 is 6.60. The molecule has 0 atom stereocenters. The Labute approximate surface area is 79.1 Å². The molecule has 0 amide bonds. The number of rotatable bonds is 3. The summed E-state index contributed by atoms with van der Waals surface area (Å²) in [5.74, 6) is 4.16. The summed E-state index contributed by atoms with van der Waals surface area (Å²) in [5.41, 5.74) is 0.727. The van der Waals surface area contributed by atoms with Crippen LogP contribution in [0.15, 0.2) is 0 Å². The van der Waals surface area contributed by atoms with E-state index < -0.39 is 0 Å². The first kappa shape index (κ1) is 8.53. The topological polar surface area (TPSA) is 0 Å². The first-order valence-electron chi connectivity index (χ1n) is 2.96. The van der Waals surface area contributed by atoms with Crippen molar-refractivity contribution in [3.05, 3.63) is 0 Å². The highest BCUT2D eigenvalue weighted by Gasteiger charge is 2.35. The number of thioether (sulfide) groups is 2. The van der Waals surface area contributed by atoms with Gasteiger partial charge in [0.25, 0.3) is 0 Å². The van der Waals surface area contributed by atoms with Crippen LogP contribution in [0.3, 0.4) is 0 Å². The highest BCUT2D eigenvalue weighted by molar-refractivity contribution is 14.1. The standard InChI is InChI=1S/C6H11IS2/c1-8-3-6(2-7)4-9-5-6/h2-5H2,1H3. The van der Waals surface area contributed by atoms with E-state index in [2.05, 4.69) is 40.6 Å². The molecule has 3 heteroatoms. The Hall–Kier alpha value is 1.43. The van der Waals surface area contributed by atoms with E-state index in [9.17, 15) is 0 Å². The fraction of sp³-hybridized carbons (Fsp3) is 1.00. The summed E-state index contributed by atoms with van der Waals surface area (Å²) in [6.07, 6.45) is 2.21. The molecule has 0 aromatic rings. The van der Waals surface area contributed by atoms with E-state index in [0.29, 0.717) is 0 Å². The molecular weight excluding hydrogens is 263 g/mol. The molecule has 1 rings (SSSR count). The second-order valence-corrected chi connectivity index (χ2v) is 5.17. The van der Waals surface area contributed by atoms with Crippen molar-refractivity contribution in [1.82, 2.24) is 0 Å². The summed E-state index contributed by atoms with van der Waals surface area (Å²) in [7, 11) is 0. The quantitative estimate of drug-likeness (QED) is 0.573. The van der Waals surface area contributed by atoms with E-state index in [1.807, 2.05) is 11.8 Å². The second kappa shape index (κ2) is 3.72. The van der Waals surface area contributed by atoms with Crippen molar-refractivity contribution in [2.45, 2.75) is 0 Å². The Morgan fingerprint density at radius 3 is 2.44 bits per heavy atom. The fourth-order valence-corrected chi connectivity index (χ4v) is 5.17. The molecule has 0 N–H and O–H groups in total. The van der Waals surface area contributed by atoms with Gasteiger partial charge in [0.15, 0.2) is 0 Å². The molecule has 9 heavy (non-hydrogen) atoms. The smallest absolute Gasteiger partial charge is 0.00757 e. The van der Waals surface area contributed by atoms with Crippen LogP contribution in [0.25, 0.3) is 0 Å². The molecule has 0 spiro atoms. The van der Waals surface area contributed by atoms with E-state index in [1.165, 1.54) is 21.7 Å². The van der Waals surface area contributed by atoms with Gasteiger partial charge in [0, 0.05) is 27.1 Å². The van der Waals surface area contributed by atoms with Gasteiger partial charge in [-0.25, -0.2) is 0 Å². The molecule has 0 saturated carbocycles. The van der Waals surface area contributed by atoms with Crippen LogP contribution in [0.5, 0.6) is 0 Å². The maximum Gasteiger partial charge on any atom is 0.00757 e. The van der Waals surface area contributed by atoms with Gasteiger partial charge in [-0.3, -0.25) is 0 Å². The second-order valence-electron chi connectivity index (χ2n) is 2.56. The van der Waals surface area contributed by atoms with Gasteiger partial charge in [-0.2, -0.15) is 23.5 Å². The lowest BCUT2D eigenvalue weighted by molar-refractivity contribution is 0.493. The van der Waals surface area contributed by atoms with E-state index in [-0.39, 0.29) is 0 Å². The first-order valence-corrected chi connectivity index (χ1v) is 7.03. The van der Waals surface area contributed by atoms with Gasteiger partial charge >= 0.3 is 0 Å². The SMILES string of the molecule is CSCC1(CI)CSC1. The van der Waals surface area contributed by atoms with Gasteiger partial charge in [0.1, 0.15) is 0 Å². The molecule has 0 bridgehead atoms. The third-order valence-corrected chi connectivity index (χ3v) is 5.70. The van der Waals surface area contributed by atoms with Crippen LogP contribution >= 0.6 is 46.1 Å². The van der Waals surface area contributed by atoms with Gasteiger partial charge in [0.2, 0.25) is 0 Å². The van der Waals surface area contributed by atoms with Crippen LogP contribution in [-0.4, -0.2) is 27.9 Å². The van der Waals surface area contributed by atoms with Crippen LogP contribution in [0.2, 0.25) is 0 Å². The Morgan fingerprint density at radius 2 is 2.33 bits per heavy atom. The molecule has 0 nitrogen and oxygen atoms in total. The highest BCUT2D eigenvalue weighted by Crippen LogP contribution is 2.41. The van der Waals surface area contributed by atoms with E-state index in [0.717, 1.165) is 5.41 Å². The van der Waals surface area contributed by atoms with Crippen LogP contribution in [0.4, 0.5) is 0 Å². The van der Waals surface area contributed by atoms with Crippen molar-refractivity contribution < 1.29 is 0 Å². The van der Waals surface area contributed by atoms with Gasteiger partial charge in [-0.05, 0) is 6.26 Å². The van der Waals surface area contributed by atoms with E-state index in [1.54, 1.807) is 0 Å². The molecule has 1 aliphatic rings. The predicted molar refractivity (Wildman–Crippen MR) is 57.0 cm³/mol. The van der Waals surface area contributed by atoms with Gasteiger partial charge < -0.3 is 0 Å². The van der Waals surface area contributed by atoms with Crippen LogP contribution in [-0.2, 0) is 0 Å². The van der Waals surface area contributed by atoms with Crippen molar-refractivity contribution >= 4 is 46.1 Å². The van der Waals surface area contributed by atoms with Gasteiger partial charge in [-0.1, -0.05) is 22.6 Å². The normalized spacial score (nSPS) is 23.3. The summed E-state index contributed by atoms with van der Waals surface area (Å²) in [6, 6.07) is 0. The minimum Gasteiger partial charge on any atom is -0.165 e. The van der Waals surface area contributed by atoms with E-state index >= 15 is 0 Å². The van der Waals surface area contributed by atoms with Crippen molar-refractivity contribution in [2.24, 2.45) is 5.41 Å². The van der Waals surface area contributed by atoms with E-state index in [4.69, 9.17) is 0 Å². The monoisotopic (exact) mass is 274 g/mol. The van der Waals surface area contributed by atoms with Gasteiger partial charge in [0.05, 0.1) is 0 Å². The van der Waals surface area contributed by atoms with Crippen molar-refractivity contribution in [3.8, 4) is 0 Å². The lowest BCUT2D eigenvalue weighted by atomic mass is 9.98. The van der Waals surface area contributed by atoms with Crippen LogP contribution in [0.1, 0.15) is 0 Å². The third-order valence-electron chi connectivity index (χ3n) is 1.55. The minimum atomic E-state index is 0.727. The molecule has 54 valence electrons. The fourth-order valence-electron chi connectivity index (χ4n) is 0.896. The Balaban J connectivity index is 2.28. The molecule has 0 aromatic carbocycles. The van der Waals surface area contributed by atoms with Crippen molar-refractivity contribution in [2.75, 3.05) is 27.9 Å². The Kier molecular flexibility index (Phi) is 3.52. The first-order chi connectivity index (χ1) is 4.33. The molecule has 0 radical (unpaired) electrons. The predicted octanol–water partition coefficient (Wildman–Crippen LogP) is 2.52. The summed E-state index contributed by atoms with van der Waals surface area (Å²) < 4.78 is 1.35. The number of alkyl halides is 1. The Bertz CT molecular complexity index is 85.5. The largest absolute Gasteiger partial charge is 0.165 e. The molecule has 0 unspecified atom stereocenters. The molecule has 1 fully saturated rings. The summed E-state index contributed by atoms with van der Waals surface area (Å²) in [4.78, 5) is 0. The average molecular weight is 274 g/mol. The highest BCUT2D eigenvalue weighted by atomic mass is 127. The zero-order valence-corrected chi connectivity index (χ0v) is 9.31. The summed E-state index contributed by atoms with van der Waals surface area (Å²) in [5, 5.41) is 0. The Morgan fingerprint density at radius 1 is 1.67 bits per heavy atom. The maximum absolute atomic E-state index is 2.51.